The van der Waals surface area contributed by atoms with Gasteiger partial charge in [0.1, 0.15) is 17.0 Å². The van der Waals surface area contributed by atoms with E-state index < -0.39 is 11.1 Å². The normalized spacial score (nSPS) is 19.6. The number of anilines is 2. The van der Waals surface area contributed by atoms with Gasteiger partial charge >= 0.3 is 6.09 Å². The summed E-state index contributed by atoms with van der Waals surface area (Å²) in [5, 5.41) is 15.4. The van der Waals surface area contributed by atoms with Crippen LogP contribution < -0.4 is 9.91 Å². The number of aromatic nitrogens is 3. The Morgan fingerprint density at radius 2 is 1.87 bits per heavy atom. The molecule has 1 atom stereocenters. The number of para-hydroxylation sites is 1. The van der Waals surface area contributed by atoms with Crippen LogP contribution in [0.4, 0.5) is 16.2 Å². The number of halogens is 1. The van der Waals surface area contributed by atoms with Crippen LogP contribution >= 0.6 is 11.6 Å². The topological polar surface area (TPSA) is 113 Å². The molecule has 1 aromatic heterocycles. The van der Waals surface area contributed by atoms with Gasteiger partial charge in [-0.3, -0.25) is 14.5 Å². The summed E-state index contributed by atoms with van der Waals surface area (Å²) in [6.45, 7) is 12.5. The number of carbonyl (C=O) groups is 3. The largest absolute Gasteiger partial charge is 0.443 e. The van der Waals surface area contributed by atoms with Crippen molar-refractivity contribution in [2.24, 2.45) is 5.10 Å². The Balaban J connectivity index is 1.24. The van der Waals surface area contributed by atoms with Crippen LogP contribution in [0.3, 0.4) is 0 Å². The van der Waals surface area contributed by atoms with Crippen LogP contribution in [-0.2, 0) is 20.7 Å². The van der Waals surface area contributed by atoms with E-state index in [0.29, 0.717) is 35.2 Å². The molecule has 46 heavy (non-hydrogen) atoms. The van der Waals surface area contributed by atoms with Crippen LogP contribution in [0.5, 0.6) is 0 Å². The maximum Gasteiger partial charge on any atom is 0.414 e. The summed E-state index contributed by atoms with van der Waals surface area (Å²) in [7, 11) is 0. The van der Waals surface area contributed by atoms with E-state index in [2.05, 4.69) is 29.3 Å². The van der Waals surface area contributed by atoms with E-state index in [9.17, 15) is 14.4 Å². The molecule has 3 aliphatic heterocycles. The molecule has 4 heterocycles. The first-order chi connectivity index (χ1) is 21.7. The van der Waals surface area contributed by atoms with Crippen LogP contribution in [-0.4, -0.2) is 67.7 Å². The lowest BCUT2D eigenvalue weighted by molar-refractivity contribution is -0.132. The molecule has 0 N–H and O–H groups in total. The molecular formula is C34H40ClN7O4. The zero-order valence-corrected chi connectivity index (χ0v) is 28.0. The number of aryl methyl sites for hydroxylation is 1. The Kier molecular flexibility index (Phi) is 8.16. The molecule has 242 valence electrons. The summed E-state index contributed by atoms with van der Waals surface area (Å²) in [4.78, 5) is 43.5. The van der Waals surface area contributed by atoms with Crippen LogP contribution in [0.15, 0.2) is 47.7 Å². The smallest absolute Gasteiger partial charge is 0.414 e. The van der Waals surface area contributed by atoms with Gasteiger partial charge in [-0.2, -0.15) is 5.10 Å². The standard InChI is InChI=1S/C34H40ClN7O4/c1-21-10-11-23(18-26(21)35)42-29(43)13-12-27(37-42)31(44)40-19-24(14-16-34(40,5)6)41-20-28(36-38-41)25-9-7-8-22-15-17-39(30(22)25)32(45)46-33(2,3)4/h7-11,18,20,24H,12-17,19H2,1-6H3. The van der Waals surface area contributed by atoms with Crippen molar-refractivity contribution < 1.29 is 19.1 Å². The van der Waals surface area contributed by atoms with Crippen molar-refractivity contribution in [3.8, 4) is 11.3 Å². The van der Waals surface area contributed by atoms with Crippen LogP contribution in [0.2, 0.25) is 5.02 Å². The molecule has 0 aliphatic carbocycles. The molecule has 0 radical (unpaired) electrons. The molecule has 12 heteroatoms. The summed E-state index contributed by atoms with van der Waals surface area (Å²) < 4.78 is 7.52. The molecule has 1 saturated heterocycles. The van der Waals surface area contributed by atoms with Gasteiger partial charge in [0.05, 0.1) is 23.6 Å². The maximum absolute atomic E-state index is 14.0. The number of likely N-dealkylation sites (tertiary alicyclic amines) is 1. The summed E-state index contributed by atoms with van der Waals surface area (Å²) >= 11 is 6.33. The summed E-state index contributed by atoms with van der Waals surface area (Å²) in [6.07, 6.45) is 4.24. The Morgan fingerprint density at radius 1 is 1.09 bits per heavy atom. The van der Waals surface area contributed by atoms with E-state index in [4.69, 9.17) is 16.3 Å². The van der Waals surface area contributed by atoms with E-state index in [1.165, 1.54) is 5.01 Å². The lowest BCUT2D eigenvalue weighted by atomic mass is 9.87. The van der Waals surface area contributed by atoms with Crippen LogP contribution in [0, 0.1) is 6.92 Å². The van der Waals surface area contributed by atoms with E-state index in [0.717, 1.165) is 41.6 Å². The molecule has 3 aromatic rings. The van der Waals surface area contributed by atoms with Crippen LogP contribution in [0.1, 0.15) is 77.5 Å². The van der Waals surface area contributed by atoms with Gasteiger partial charge in [0.2, 0.25) is 5.91 Å². The molecule has 11 nitrogen and oxygen atoms in total. The average Bonchev–Trinajstić information content (AvgIpc) is 3.66. The first-order valence-corrected chi connectivity index (χ1v) is 16.1. The monoisotopic (exact) mass is 645 g/mol. The second kappa shape index (κ2) is 11.8. The number of nitrogens with zero attached hydrogens (tertiary/aromatic N) is 7. The van der Waals surface area contributed by atoms with Crippen molar-refractivity contribution in [1.82, 2.24) is 19.9 Å². The second-order valence-electron chi connectivity index (χ2n) is 13.9. The van der Waals surface area contributed by atoms with Gasteiger partial charge < -0.3 is 9.64 Å². The molecule has 1 fully saturated rings. The van der Waals surface area contributed by atoms with Crippen molar-refractivity contribution in [1.29, 1.82) is 0 Å². The number of amides is 3. The van der Waals surface area contributed by atoms with Gasteiger partial charge in [-0.15, -0.1) is 5.10 Å². The number of ether oxygens (including phenoxy) is 1. The molecule has 3 amide bonds. The second-order valence-corrected chi connectivity index (χ2v) is 14.3. The molecule has 2 aromatic carbocycles. The Labute approximate surface area is 274 Å². The molecule has 0 spiro atoms. The van der Waals surface area contributed by atoms with Gasteiger partial charge in [-0.25, -0.2) is 14.5 Å². The number of hydrogen-bond donors (Lipinski definition) is 0. The number of hydrogen-bond acceptors (Lipinski definition) is 7. The lowest BCUT2D eigenvalue weighted by Gasteiger charge is -2.45. The van der Waals surface area contributed by atoms with E-state index in [1.807, 2.05) is 67.7 Å². The van der Waals surface area contributed by atoms with E-state index in [-0.39, 0.29) is 36.8 Å². The van der Waals surface area contributed by atoms with Gasteiger partial charge in [0.25, 0.3) is 5.91 Å². The summed E-state index contributed by atoms with van der Waals surface area (Å²) in [6, 6.07) is 11.1. The highest BCUT2D eigenvalue weighted by Gasteiger charge is 2.41. The highest BCUT2D eigenvalue weighted by molar-refractivity contribution is 6.40. The number of piperidine rings is 1. The summed E-state index contributed by atoms with van der Waals surface area (Å²) in [5.74, 6) is -0.375. The molecular weight excluding hydrogens is 606 g/mol. The zero-order chi connectivity index (χ0) is 33.0. The van der Waals surface area contributed by atoms with Gasteiger partial charge in [-0.05, 0) is 84.1 Å². The SMILES string of the molecule is Cc1ccc(N2N=C(C(=O)N3CC(n4cc(-c5cccc6c5N(C(=O)OC(C)(C)C)CC6)nn4)CCC3(C)C)CCC2=O)cc1Cl. The molecule has 1 unspecified atom stereocenters. The highest BCUT2D eigenvalue weighted by Crippen LogP contribution is 2.39. The Bertz CT molecular complexity index is 1740. The van der Waals surface area contributed by atoms with Crippen molar-refractivity contribution in [3.05, 3.63) is 58.7 Å². The molecule has 3 aliphatic rings. The Morgan fingerprint density at radius 3 is 2.61 bits per heavy atom. The minimum atomic E-state index is -0.610. The third-order valence-corrected chi connectivity index (χ3v) is 9.31. The quantitative estimate of drug-likeness (QED) is 0.328. The number of fused-ring (bicyclic) bond motifs is 1. The fraction of sp³-hybridized carbons (Fsp3) is 0.471. The molecule has 0 saturated carbocycles. The minimum Gasteiger partial charge on any atom is -0.443 e. The van der Waals surface area contributed by atoms with Gasteiger partial charge in [-0.1, -0.05) is 41.1 Å². The number of benzene rings is 2. The third-order valence-electron chi connectivity index (χ3n) is 8.91. The number of carbonyl (C=O) groups excluding carboxylic acids is 3. The number of rotatable bonds is 4. The molecule has 6 rings (SSSR count). The first-order valence-electron chi connectivity index (χ1n) is 15.7. The summed E-state index contributed by atoms with van der Waals surface area (Å²) in [5.41, 5.74) is 4.06. The van der Waals surface area contributed by atoms with Crippen molar-refractivity contribution >= 4 is 46.6 Å². The lowest BCUT2D eigenvalue weighted by Crippen LogP contribution is -2.56. The highest BCUT2D eigenvalue weighted by atomic mass is 35.5. The Hall–Kier alpha value is -4.25. The zero-order valence-electron chi connectivity index (χ0n) is 27.2. The van der Waals surface area contributed by atoms with Gasteiger partial charge in [0, 0.05) is 42.1 Å². The van der Waals surface area contributed by atoms with Crippen molar-refractivity contribution in [2.75, 3.05) is 23.0 Å². The predicted molar refractivity (Wildman–Crippen MR) is 177 cm³/mol. The first kappa shape index (κ1) is 31.7. The maximum atomic E-state index is 14.0. The fourth-order valence-electron chi connectivity index (χ4n) is 6.30. The van der Waals surface area contributed by atoms with E-state index in [1.54, 1.807) is 17.0 Å². The van der Waals surface area contributed by atoms with E-state index >= 15 is 0 Å². The van der Waals surface area contributed by atoms with Crippen molar-refractivity contribution in [3.63, 3.8) is 0 Å². The predicted octanol–water partition coefficient (Wildman–Crippen LogP) is 6.33. The van der Waals surface area contributed by atoms with Gasteiger partial charge in [0.15, 0.2) is 0 Å². The third kappa shape index (κ3) is 6.12. The fourth-order valence-corrected chi connectivity index (χ4v) is 6.47. The van der Waals surface area contributed by atoms with Crippen molar-refractivity contribution in [2.45, 2.75) is 90.8 Å². The average molecular weight is 646 g/mol. The van der Waals surface area contributed by atoms with Crippen LogP contribution in [0.25, 0.3) is 11.3 Å². The minimum absolute atomic E-state index is 0.116. The number of hydrazone groups is 1. The molecule has 0 bridgehead atoms.